The largest absolute Gasteiger partial charge is 0.388 e. The molecule has 0 radical (unpaired) electrons. The maximum atomic E-state index is 13.0. The van der Waals surface area contributed by atoms with Crippen LogP contribution >= 0.6 is 0 Å². The highest BCUT2D eigenvalue weighted by Crippen LogP contribution is 2.29. The normalized spacial score (nSPS) is 21.1. The van der Waals surface area contributed by atoms with Gasteiger partial charge < -0.3 is 19.1 Å². The van der Waals surface area contributed by atoms with E-state index in [9.17, 15) is 9.90 Å². The Morgan fingerprint density at radius 3 is 2.88 bits per heavy atom. The summed E-state index contributed by atoms with van der Waals surface area (Å²) >= 11 is 0. The minimum Gasteiger partial charge on any atom is -0.388 e. The molecule has 136 valence electrons. The Hall–Kier alpha value is -2.22. The molecule has 0 saturated carbocycles. The van der Waals surface area contributed by atoms with Gasteiger partial charge in [-0.15, -0.1) is 10.2 Å². The number of amides is 1. The fourth-order valence-electron chi connectivity index (χ4n) is 3.39. The monoisotopic (exact) mass is 347 g/mol. The van der Waals surface area contributed by atoms with Crippen LogP contribution in [0.3, 0.4) is 0 Å². The van der Waals surface area contributed by atoms with Crippen molar-refractivity contribution in [3.05, 3.63) is 29.2 Å². The van der Waals surface area contributed by atoms with Crippen molar-refractivity contribution in [2.45, 2.75) is 51.6 Å². The highest BCUT2D eigenvalue weighted by Gasteiger charge is 2.38. The summed E-state index contributed by atoms with van der Waals surface area (Å²) in [7, 11) is 1.85. The Labute approximate surface area is 146 Å². The molecule has 8 heteroatoms. The number of nitrogens with zero attached hydrogens (tertiary/aromatic N) is 5. The molecule has 0 spiro atoms. The quantitative estimate of drug-likeness (QED) is 0.899. The van der Waals surface area contributed by atoms with Crippen LogP contribution in [0.5, 0.6) is 0 Å². The van der Waals surface area contributed by atoms with Gasteiger partial charge in [0.25, 0.3) is 5.91 Å². The highest BCUT2D eigenvalue weighted by molar-refractivity contribution is 5.96. The van der Waals surface area contributed by atoms with E-state index in [4.69, 9.17) is 4.52 Å². The van der Waals surface area contributed by atoms with Gasteiger partial charge in [-0.05, 0) is 19.8 Å². The number of carbonyl (C=O) groups is 1. The van der Waals surface area contributed by atoms with Crippen LogP contribution in [0.4, 0.5) is 0 Å². The molecular weight excluding hydrogens is 322 g/mol. The van der Waals surface area contributed by atoms with Crippen LogP contribution in [0.15, 0.2) is 10.9 Å². The first-order valence-electron chi connectivity index (χ1n) is 8.61. The summed E-state index contributed by atoms with van der Waals surface area (Å²) in [4.78, 5) is 14.7. The average Bonchev–Trinajstić information content (AvgIpc) is 3.12. The third-order valence-electron chi connectivity index (χ3n) is 4.76. The van der Waals surface area contributed by atoms with Crippen molar-refractivity contribution in [3.63, 3.8) is 0 Å². The Kier molecular flexibility index (Phi) is 4.64. The number of likely N-dealkylation sites (tertiary alicyclic amines) is 1. The van der Waals surface area contributed by atoms with Crippen LogP contribution in [0.25, 0.3) is 0 Å². The smallest absolute Gasteiger partial charge is 0.259 e. The summed E-state index contributed by atoms with van der Waals surface area (Å²) in [6.45, 7) is 6.59. The predicted molar refractivity (Wildman–Crippen MR) is 90.1 cm³/mol. The van der Waals surface area contributed by atoms with Crippen molar-refractivity contribution in [1.82, 2.24) is 24.8 Å². The van der Waals surface area contributed by atoms with Crippen LogP contribution < -0.4 is 0 Å². The Morgan fingerprint density at radius 1 is 1.48 bits per heavy atom. The van der Waals surface area contributed by atoms with Gasteiger partial charge >= 0.3 is 0 Å². The molecule has 0 aromatic carbocycles. The van der Waals surface area contributed by atoms with Crippen molar-refractivity contribution in [1.29, 1.82) is 0 Å². The van der Waals surface area contributed by atoms with E-state index in [0.29, 0.717) is 42.2 Å². The molecule has 1 N–H and O–H groups in total. The van der Waals surface area contributed by atoms with Crippen molar-refractivity contribution in [3.8, 4) is 0 Å². The van der Waals surface area contributed by atoms with Gasteiger partial charge in [-0.25, -0.2) is 0 Å². The second-order valence-corrected chi connectivity index (χ2v) is 7.25. The molecule has 1 saturated heterocycles. The number of aliphatic hydroxyl groups is 1. The fourth-order valence-corrected chi connectivity index (χ4v) is 3.39. The van der Waals surface area contributed by atoms with E-state index in [1.165, 1.54) is 0 Å². The van der Waals surface area contributed by atoms with Crippen LogP contribution in [-0.4, -0.2) is 54.5 Å². The van der Waals surface area contributed by atoms with Gasteiger partial charge in [0.05, 0.1) is 17.8 Å². The molecule has 1 unspecified atom stereocenters. The number of carbonyl (C=O) groups excluding carboxylic acids is 1. The lowest BCUT2D eigenvalue weighted by Crippen LogP contribution is -2.52. The molecule has 1 amide bonds. The molecule has 0 aliphatic carbocycles. The molecule has 25 heavy (non-hydrogen) atoms. The van der Waals surface area contributed by atoms with Crippen molar-refractivity contribution >= 4 is 5.91 Å². The number of β-amino-alcohol motifs (C(OH)–C–C–N with tert-alkyl or cyclic N) is 1. The molecule has 8 nitrogen and oxygen atoms in total. The summed E-state index contributed by atoms with van der Waals surface area (Å²) in [6, 6.07) is 0. The number of aryl methyl sites for hydroxylation is 2. The van der Waals surface area contributed by atoms with Gasteiger partial charge in [0.15, 0.2) is 5.76 Å². The summed E-state index contributed by atoms with van der Waals surface area (Å²) in [5, 5.41) is 22.9. The lowest BCUT2D eigenvalue weighted by Gasteiger charge is -2.39. The first-order valence-corrected chi connectivity index (χ1v) is 8.61. The van der Waals surface area contributed by atoms with Gasteiger partial charge in [-0.1, -0.05) is 19.0 Å². The minimum atomic E-state index is -1.00. The lowest BCUT2D eigenvalue weighted by molar-refractivity contribution is -0.0259. The zero-order valence-electron chi connectivity index (χ0n) is 15.2. The van der Waals surface area contributed by atoms with E-state index in [2.05, 4.69) is 15.4 Å². The van der Waals surface area contributed by atoms with Crippen LogP contribution in [-0.2, 0) is 13.5 Å². The standard InChI is InChI=1S/C17H25N5O3/c1-11(2)15-14(12(3)20-25-15)16(23)22-7-5-6-17(24,9-22)8-13-19-18-10-21(13)4/h10-11,24H,5-9H2,1-4H3. The van der Waals surface area contributed by atoms with Gasteiger partial charge in [-0.2, -0.15) is 0 Å². The number of piperidine rings is 1. The van der Waals surface area contributed by atoms with E-state index < -0.39 is 5.60 Å². The van der Waals surface area contributed by atoms with Gasteiger partial charge in [0.1, 0.15) is 17.7 Å². The molecule has 0 bridgehead atoms. The fraction of sp³-hybridized carbons (Fsp3) is 0.647. The maximum absolute atomic E-state index is 13.0. The molecule has 2 aromatic rings. The number of hydrogen-bond donors (Lipinski definition) is 1. The highest BCUT2D eigenvalue weighted by atomic mass is 16.5. The topological polar surface area (TPSA) is 97.3 Å². The van der Waals surface area contributed by atoms with E-state index in [1.807, 2.05) is 20.9 Å². The Bertz CT molecular complexity index is 766. The summed E-state index contributed by atoms with van der Waals surface area (Å²) in [5.74, 6) is 1.26. The van der Waals surface area contributed by atoms with Gasteiger partial charge in [-0.3, -0.25) is 4.79 Å². The van der Waals surface area contributed by atoms with Crippen LogP contribution in [0.2, 0.25) is 0 Å². The van der Waals surface area contributed by atoms with E-state index in [0.717, 1.165) is 6.42 Å². The average molecular weight is 347 g/mol. The molecule has 3 heterocycles. The zero-order valence-corrected chi connectivity index (χ0v) is 15.2. The third kappa shape index (κ3) is 3.44. The minimum absolute atomic E-state index is 0.0717. The van der Waals surface area contributed by atoms with Gasteiger partial charge in [0, 0.05) is 25.9 Å². The molecule has 2 aromatic heterocycles. The molecule has 1 aliphatic rings. The van der Waals surface area contributed by atoms with Crippen LogP contribution in [0, 0.1) is 6.92 Å². The third-order valence-corrected chi connectivity index (χ3v) is 4.76. The molecule has 1 fully saturated rings. The second kappa shape index (κ2) is 6.59. The van der Waals surface area contributed by atoms with Gasteiger partial charge in [0.2, 0.25) is 0 Å². The molecule has 3 rings (SSSR count). The SMILES string of the molecule is Cc1noc(C(C)C)c1C(=O)N1CCCC(O)(Cc2nncn2C)C1. The maximum Gasteiger partial charge on any atom is 0.259 e. The summed E-state index contributed by atoms with van der Waals surface area (Å²) in [6.07, 6.45) is 3.34. The lowest BCUT2D eigenvalue weighted by atomic mass is 9.88. The van der Waals surface area contributed by atoms with E-state index in [-0.39, 0.29) is 18.4 Å². The Morgan fingerprint density at radius 2 is 2.24 bits per heavy atom. The van der Waals surface area contributed by atoms with Crippen LogP contribution in [0.1, 0.15) is 60.2 Å². The van der Waals surface area contributed by atoms with Crippen molar-refractivity contribution in [2.24, 2.45) is 7.05 Å². The zero-order chi connectivity index (χ0) is 18.2. The molecule has 1 aliphatic heterocycles. The molecule has 1 atom stereocenters. The van der Waals surface area contributed by atoms with E-state index >= 15 is 0 Å². The molecular formula is C17H25N5O3. The summed E-state index contributed by atoms with van der Waals surface area (Å²) < 4.78 is 7.13. The predicted octanol–water partition coefficient (Wildman–Crippen LogP) is 1.44. The first kappa shape index (κ1) is 17.6. The Balaban J connectivity index is 1.80. The van der Waals surface area contributed by atoms with Crippen molar-refractivity contribution in [2.75, 3.05) is 13.1 Å². The first-order chi connectivity index (χ1) is 11.8. The van der Waals surface area contributed by atoms with E-state index in [1.54, 1.807) is 22.7 Å². The second-order valence-electron chi connectivity index (χ2n) is 7.25. The number of hydrogen-bond acceptors (Lipinski definition) is 6. The number of aromatic nitrogens is 4. The number of rotatable bonds is 4. The summed E-state index contributed by atoms with van der Waals surface area (Å²) in [5.41, 5.74) is 0.117. The van der Waals surface area contributed by atoms with Crippen molar-refractivity contribution < 1.29 is 14.4 Å².